The third kappa shape index (κ3) is 3.26. The second kappa shape index (κ2) is 6.04. The van der Waals surface area contributed by atoms with Crippen LogP contribution in [0.4, 0.5) is 0 Å². The van der Waals surface area contributed by atoms with E-state index in [9.17, 15) is 4.79 Å². The highest BCUT2D eigenvalue weighted by molar-refractivity contribution is 5.97. The first-order chi connectivity index (χ1) is 7.29. The number of rotatable bonds is 3. The van der Waals surface area contributed by atoms with Crippen LogP contribution in [0, 0.1) is 11.3 Å². The van der Waals surface area contributed by atoms with E-state index in [0.29, 0.717) is 32.9 Å². The van der Waals surface area contributed by atoms with E-state index >= 15 is 0 Å². The fourth-order valence-corrected chi connectivity index (χ4v) is 1.23. The zero-order valence-electron chi connectivity index (χ0n) is 8.73. The predicted octanol–water partition coefficient (Wildman–Crippen LogP) is 0.289. The molecule has 1 saturated heterocycles. The van der Waals surface area contributed by atoms with Crippen molar-refractivity contribution in [1.29, 1.82) is 5.26 Å². The van der Waals surface area contributed by atoms with Crippen molar-refractivity contribution >= 4 is 5.91 Å². The van der Waals surface area contributed by atoms with Gasteiger partial charge in [0, 0.05) is 13.1 Å². The molecule has 0 aliphatic carbocycles. The topological polar surface area (TPSA) is 62.6 Å². The number of nitrogens with zero attached hydrogens (tertiary/aromatic N) is 2. The molecule has 15 heavy (non-hydrogen) atoms. The lowest BCUT2D eigenvalue weighted by molar-refractivity contribution is -0.130. The van der Waals surface area contributed by atoms with Crippen LogP contribution in [0.5, 0.6) is 0 Å². The van der Waals surface area contributed by atoms with Gasteiger partial charge in [-0.3, -0.25) is 4.79 Å². The molecule has 1 fully saturated rings. The lowest BCUT2D eigenvalue weighted by Gasteiger charge is -2.26. The average Bonchev–Trinajstić information content (AvgIpc) is 2.31. The summed E-state index contributed by atoms with van der Waals surface area (Å²) in [4.78, 5) is 13.3. The number of nitriles is 1. The number of morpholine rings is 1. The maximum Gasteiger partial charge on any atom is 0.267 e. The highest BCUT2D eigenvalue weighted by Crippen LogP contribution is 2.04. The van der Waals surface area contributed by atoms with Crippen LogP contribution in [-0.4, -0.2) is 43.7 Å². The summed E-state index contributed by atoms with van der Waals surface area (Å²) >= 11 is 0. The first-order valence-corrected chi connectivity index (χ1v) is 4.88. The maximum atomic E-state index is 11.7. The van der Waals surface area contributed by atoms with Gasteiger partial charge in [0.15, 0.2) is 5.57 Å². The summed E-state index contributed by atoms with van der Waals surface area (Å²) in [5.74, 6) is -0.283. The fourth-order valence-electron chi connectivity index (χ4n) is 1.23. The van der Waals surface area contributed by atoms with Gasteiger partial charge in [-0.25, -0.2) is 0 Å². The lowest BCUT2D eigenvalue weighted by Crippen LogP contribution is -2.41. The molecule has 0 radical (unpaired) electrons. The van der Waals surface area contributed by atoms with Crippen LogP contribution >= 0.6 is 0 Å². The number of carbonyl (C=O) groups is 1. The van der Waals surface area contributed by atoms with Crippen molar-refractivity contribution in [2.75, 3.05) is 32.9 Å². The van der Waals surface area contributed by atoms with E-state index in [1.165, 1.54) is 6.26 Å². The van der Waals surface area contributed by atoms with Crippen LogP contribution in [0.1, 0.15) is 6.92 Å². The molecule has 0 aromatic carbocycles. The van der Waals surface area contributed by atoms with Gasteiger partial charge in [-0.2, -0.15) is 5.26 Å². The second-order valence-corrected chi connectivity index (χ2v) is 3.00. The maximum absolute atomic E-state index is 11.7. The van der Waals surface area contributed by atoms with Gasteiger partial charge in [0.2, 0.25) is 0 Å². The van der Waals surface area contributed by atoms with E-state index in [1.54, 1.807) is 11.8 Å². The van der Waals surface area contributed by atoms with E-state index < -0.39 is 0 Å². The number of amides is 1. The summed E-state index contributed by atoms with van der Waals surface area (Å²) in [6.07, 6.45) is 1.22. The normalized spacial score (nSPS) is 17.1. The van der Waals surface area contributed by atoms with Crippen LogP contribution in [0.25, 0.3) is 0 Å². The van der Waals surface area contributed by atoms with Crippen molar-refractivity contribution in [3.63, 3.8) is 0 Å². The molecule has 0 aromatic heterocycles. The molecule has 5 heteroatoms. The van der Waals surface area contributed by atoms with E-state index in [4.69, 9.17) is 14.7 Å². The van der Waals surface area contributed by atoms with Crippen LogP contribution in [0.2, 0.25) is 0 Å². The van der Waals surface area contributed by atoms with Crippen molar-refractivity contribution in [2.45, 2.75) is 6.92 Å². The highest BCUT2D eigenvalue weighted by Gasteiger charge is 2.20. The van der Waals surface area contributed by atoms with Gasteiger partial charge in [-0.05, 0) is 6.92 Å². The molecule has 0 atom stereocenters. The van der Waals surface area contributed by atoms with E-state index in [1.807, 2.05) is 6.07 Å². The van der Waals surface area contributed by atoms with E-state index in [2.05, 4.69) is 0 Å². The molecule has 0 bridgehead atoms. The minimum absolute atomic E-state index is 0.0405. The van der Waals surface area contributed by atoms with Gasteiger partial charge in [0.05, 0.1) is 19.8 Å². The summed E-state index contributed by atoms with van der Waals surface area (Å²) in [6, 6.07) is 1.84. The second-order valence-electron chi connectivity index (χ2n) is 3.00. The number of hydrogen-bond donors (Lipinski definition) is 0. The van der Waals surface area contributed by atoms with Crippen molar-refractivity contribution < 1.29 is 14.3 Å². The highest BCUT2D eigenvalue weighted by atomic mass is 16.5. The van der Waals surface area contributed by atoms with Gasteiger partial charge in [-0.15, -0.1) is 0 Å². The predicted molar refractivity (Wildman–Crippen MR) is 52.7 cm³/mol. The Kier molecular flexibility index (Phi) is 4.64. The van der Waals surface area contributed by atoms with Gasteiger partial charge < -0.3 is 14.4 Å². The molecule has 1 aliphatic rings. The molecule has 1 aliphatic heterocycles. The summed E-state index contributed by atoms with van der Waals surface area (Å²) in [5.41, 5.74) is 0.0405. The first kappa shape index (κ1) is 11.5. The Bertz CT molecular complexity index is 288. The Balaban J connectivity index is 2.60. The minimum Gasteiger partial charge on any atom is -0.500 e. The quantitative estimate of drug-likeness (QED) is 0.381. The number of ether oxygens (including phenoxy) is 2. The first-order valence-electron chi connectivity index (χ1n) is 4.88. The van der Waals surface area contributed by atoms with Crippen molar-refractivity contribution in [2.24, 2.45) is 0 Å². The van der Waals surface area contributed by atoms with Crippen LogP contribution in [0.15, 0.2) is 11.8 Å². The van der Waals surface area contributed by atoms with Gasteiger partial charge in [0.25, 0.3) is 5.91 Å². The lowest BCUT2D eigenvalue weighted by atomic mass is 10.2. The van der Waals surface area contributed by atoms with E-state index in [0.717, 1.165) is 0 Å². The van der Waals surface area contributed by atoms with Crippen molar-refractivity contribution in [3.8, 4) is 6.07 Å². The third-order valence-electron chi connectivity index (χ3n) is 2.02. The summed E-state index contributed by atoms with van der Waals surface area (Å²) in [6.45, 7) is 4.36. The molecule has 0 spiro atoms. The molecular formula is C10H14N2O3. The zero-order chi connectivity index (χ0) is 11.1. The molecule has 0 N–H and O–H groups in total. The molecular weight excluding hydrogens is 196 g/mol. The molecule has 0 aromatic rings. The van der Waals surface area contributed by atoms with Gasteiger partial charge >= 0.3 is 0 Å². The monoisotopic (exact) mass is 210 g/mol. The Morgan fingerprint density at radius 3 is 2.80 bits per heavy atom. The molecule has 1 heterocycles. The van der Waals surface area contributed by atoms with Crippen LogP contribution < -0.4 is 0 Å². The molecule has 1 amide bonds. The van der Waals surface area contributed by atoms with Gasteiger partial charge in [-0.1, -0.05) is 0 Å². The molecule has 0 saturated carbocycles. The molecule has 82 valence electrons. The number of hydrogen-bond acceptors (Lipinski definition) is 4. The van der Waals surface area contributed by atoms with Gasteiger partial charge in [0.1, 0.15) is 12.3 Å². The minimum atomic E-state index is -0.283. The molecule has 5 nitrogen and oxygen atoms in total. The standard InChI is InChI=1S/C10H14N2O3/c1-2-14-8-9(7-11)10(13)12-3-5-15-6-4-12/h8H,2-6H2,1H3. The average molecular weight is 210 g/mol. The van der Waals surface area contributed by atoms with E-state index in [-0.39, 0.29) is 11.5 Å². The summed E-state index contributed by atoms with van der Waals surface area (Å²) in [5, 5.41) is 8.78. The zero-order valence-corrected chi connectivity index (χ0v) is 8.73. The van der Waals surface area contributed by atoms with Crippen LogP contribution in [-0.2, 0) is 14.3 Å². The largest absolute Gasteiger partial charge is 0.500 e. The fraction of sp³-hybridized carbons (Fsp3) is 0.600. The Hall–Kier alpha value is -1.54. The molecule has 0 unspecified atom stereocenters. The third-order valence-corrected chi connectivity index (χ3v) is 2.02. The SMILES string of the molecule is CCOC=C(C#N)C(=O)N1CCOCC1. The Morgan fingerprint density at radius 1 is 1.60 bits per heavy atom. The Morgan fingerprint density at radius 2 is 2.27 bits per heavy atom. The summed E-state index contributed by atoms with van der Waals surface area (Å²) in [7, 11) is 0. The number of carbonyl (C=O) groups excluding carboxylic acids is 1. The van der Waals surface area contributed by atoms with Crippen molar-refractivity contribution in [3.05, 3.63) is 11.8 Å². The van der Waals surface area contributed by atoms with Crippen LogP contribution in [0.3, 0.4) is 0 Å². The smallest absolute Gasteiger partial charge is 0.267 e. The summed E-state index contributed by atoms with van der Waals surface area (Å²) < 4.78 is 10.1. The Labute approximate surface area is 88.9 Å². The molecule has 1 rings (SSSR count). The van der Waals surface area contributed by atoms with Crippen molar-refractivity contribution in [1.82, 2.24) is 4.90 Å².